The molecule has 4 rings (SSSR count). The molecule has 2 aromatic carbocycles. The van der Waals surface area contributed by atoms with Gasteiger partial charge in [0.25, 0.3) is 5.91 Å². The lowest BCUT2D eigenvalue weighted by atomic mass is 10.1. The van der Waals surface area contributed by atoms with Gasteiger partial charge in [0.15, 0.2) is 0 Å². The van der Waals surface area contributed by atoms with E-state index in [0.717, 1.165) is 26.9 Å². The van der Waals surface area contributed by atoms with Gasteiger partial charge in [-0.15, -0.1) is 0 Å². The number of benzene rings is 2. The Hall–Kier alpha value is -2.78. The Morgan fingerprint density at radius 2 is 1.68 bits per heavy atom. The predicted molar refractivity (Wildman–Crippen MR) is 99.7 cm³/mol. The van der Waals surface area contributed by atoms with Crippen LogP contribution in [0.15, 0.2) is 53.4 Å². The highest BCUT2D eigenvalue weighted by Gasteiger charge is 2.52. The Kier molecular flexibility index (Phi) is 4.43. The standard InChI is InChI=1S/C19H18FN3O4S/c1-12-2-8-15(9-3-12)28(26,27)22-11-10-16-17(22)18(24)23(19(25)21-16)14-6-4-13(20)5-7-14/h2-9,16-17H,10-11H2,1H3,(H,21,25). The van der Waals surface area contributed by atoms with Crippen molar-refractivity contribution in [2.24, 2.45) is 0 Å². The molecule has 0 saturated carbocycles. The smallest absolute Gasteiger partial charge is 0.329 e. The van der Waals surface area contributed by atoms with Gasteiger partial charge in [0, 0.05) is 6.54 Å². The summed E-state index contributed by atoms with van der Waals surface area (Å²) in [6.45, 7) is 1.97. The number of amides is 3. The lowest BCUT2D eigenvalue weighted by molar-refractivity contribution is -0.122. The summed E-state index contributed by atoms with van der Waals surface area (Å²) < 4.78 is 40.6. The third-order valence-corrected chi connectivity index (χ3v) is 6.94. The van der Waals surface area contributed by atoms with Crippen molar-refractivity contribution in [3.05, 3.63) is 59.9 Å². The third-order valence-electron chi connectivity index (χ3n) is 5.05. The molecule has 2 heterocycles. The lowest BCUT2D eigenvalue weighted by Gasteiger charge is -2.36. The SMILES string of the molecule is Cc1ccc(S(=O)(=O)N2CCC3NC(=O)N(c4ccc(F)cc4)C(=O)C32)cc1. The number of carbonyl (C=O) groups excluding carboxylic acids is 2. The molecule has 2 atom stereocenters. The van der Waals surface area contributed by atoms with Crippen molar-refractivity contribution in [2.75, 3.05) is 11.4 Å². The highest BCUT2D eigenvalue weighted by molar-refractivity contribution is 7.89. The molecule has 2 aliphatic heterocycles. The van der Waals surface area contributed by atoms with E-state index < -0.39 is 39.9 Å². The molecule has 1 N–H and O–H groups in total. The molecule has 2 fully saturated rings. The number of hydrogen-bond acceptors (Lipinski definition) is 4. The number of hydrogen-bond donors (Lipinski definition) is 1. The van der Waals surface area contributed by atoms with Crippen LogP contribution in [-0.4, -0.2) is 43.3 Å². The number of urea groups is 1. The van der Waals surface area contributed by atoms with E-state index in [1.165, 1.54) is 24.3 Å². The lowest BCUT2D eigenvalue weighted by Crippen LogP contribution is -2.64. The van der Waals surface area contributed by atoms with Crippen LogP contribution in [-0.2, 0) is 14.8 Å². The van der Waals surface area contributed by atoms with Gasteiger partial charge < -0.3 is 5.32 Å². The second-order valence-electron chi connectivity index (χ2n) is 6.87. The molecule has 0 radical (unpaired) electrons. The minimum absolute atomic E-state index is 0.0942. The van der Waals surface area contributed by atoms with Crippen LogP contribution >= 0.6 is 0 Å². The maximum Gasteiger partial charge on any atom is 0.329 e. The van der Waals surface area contributed by atoms with Crippen LogP contribution in [0.2, 0.25) is 0 Å². The van der Waals surface area contributed by atoms with Gasteiger partial charge in [0.05, 0.1) is 16.6 Å². The van der Waals surface area contributed by atoms with Gasteiger partial charge in [0.2, 0.25) is 10.0 Å². The minimum atomic E-state index is -3.91. The van der Waals surface area contributed by atoms with Crippen molar-refractivity contribution in [3.8, 4) is 0 Å². The summed E-state index contributed by atoms with van der Waals surface area (Å²) in [6.07, 6.45) is 0.338. The molecule has 0 aromatic heterocycles. The van der Waals surface area contributed by atoms with E-state index >= 15 is 0 Å². The molecule has 0 bridgehead atoms. The van der Waals surface area contributed by atoms with E-state index in [1.807, 2.05) is 6.92 Å². The number of rotatable bonds is 3. The predicted octanol–water partition coefficient (Wildman–Crippen LogP) is 2.02. The first-order chi connectivity index (χ1) is 13.3. The number of aryl methyl sites for hydroxylation is 1. The van der Waals surface area contributed by atoms with E-state index in [-0.39, 0.29) is 17.1 Å². The average Bonchev–Trinajstić information content (AvgIpc) is 3.08. The Morgan fingerprint density at radius 3 is 2.32 bits per heavy atom. The Labute approximate surface area is 161 Å². The van der Waals surface area contributed by atoms with Crippen LogP contribution in [0.25, 0.3) is 0 Å². The van der Waals surface area contributed by atoms with Crippen molar-refractivity contribution in [1.82, 2.24) is 9.62 Å². The number of imide groups is 1. The van der Waals surface area contributed by atoms with E-state index in [4.69, 9.17) is 0 Å². The molecule has 28 heavy (non-hydrogen) atoms. The first kappa shape index (κ1) is 18.6. The molecule has 2 saturated heterocycles. The van der Waals surface area contributed by atoms with E-state index in [1.54, 1.807) is 12.1 Å². The number of halogens is 1. The van der Waals surface area contributed by atoms with Gasteiger partial charge in [-0.05, 0) is 49.7 Å². The number of fused-ring (bicyclic) bond motifs is 1. The van der Waals surface area contributed by atoms with Crippen LogP contribution in [0.3, 0.4) is 0 Å². The molecule has 2 aromatic rings. The Bertz CT molecular complexity index is 1040. The zero-order valence-electron chi connectivity index (χ0n) is 15.0. The second-order valence-corrected chi connectivity index (χ2v) is 8.76. The van der Waals surface area contributed by atoms with Crippen molar-refractivity contribution in [1.29, 1.82) is 0 Å². The van der Waals surface area contributed by atoms with Crippen molar-refractivity contribution < 1.29 is 22.4 Å². The summed E-state index contributed by atoms with van der Waals surface area (Å²) in [7, 11) is -3.91. The Morgan fingerprint density at radius 1 is 1.04 bits per heavy atom. The fourth-order valence-electron chi connectivity index (χ4n) is 3.62. The molecule has 9 heteroatoms. The summed E-state index contributed by atoms with van der Waals surface area (Å²) in [6, 6.07) is 8.98. The van der Waals surface area contributed by atoms with E-state index in [2.05, 4.69) is 5.32 Å². The molecule has 2 unspecified atom stereocenters. The van der Waals surface area contributed by atoms with Gasteiger partial charge in [-0.3, -0.25) is 4.79 Å². The van der Waals surface area contributed by atoms with Crippen molar-refractivity contribution in [3.63, 3.8) is 0 Å². The van der Waals surface area contributed by atoms with Crippen LogP contribution in [0.1, 0.15) is 12.0 Å². The van der Waals surface area contributed by atoms with Gasteiger partial charge in [0.1, 0.15) is 11.9 Å². The molecule has 2 aliphatic rings. The van der Waals surface area contributed by atoms with Crippen LogP contribution in [0.5, 0.6) is 0 Å². The number of anilines is 1. The van der Waals surface area contributed by atoms with Crippen LogP contribution in [0.4, 0.5) is 14.9 Å². The summed E-state index contributed by atoms with van der Waals surface area (Å²) >= 11 is 0. The first-order valence-corrected chi connectivity index (χ1v) is 10.2. The molecule has 3 amide bonds. The Balaban J connectivity index is 1.70. The largest absolute Gasteiger partial charge is 0.332 e. The van der Waals surface area contributed by atoms with Crippen molar-refractivity contribution >= 4 is 27.6 Å². The number of nitrogens with zero attached hydrogens (tertiary/aromatic N) is 2. The van der Waals surface area contributed by atoms with Crippen molar-refractivity contribution in [2.45, 2.75) is 30.3 Å². The molecule has 0 aliphatic carbocycles. The quantitative estimate of drug-likeness (QED) is 0.850. The fraction of sp³-hybridized carbons (Fsp3) is 0.263. The topological polar surface area (TPSA) is 86.8 Å². The molecular weight excluding hydrogens is 385 g/mol. The maximum atomic E-state index is 13.2. The summed E-state index contributed by atoms with van der Waals surface area (Å²) in [4.78, 5) is 26.5. The van der Waals surface area contributed by atoms with Crippen LogP contribution < -0.4 is 10.2 Å². The average molecular weight is 403 g/mol. The van der Waals surface area contributed by atoms with Gasteiger partial charge in [-0.2, -0.15) is 4.31 Å². The number of sulfonamides is 1. The van der Waals surface area contributed by atoms with E-state index in [0.29, 0.717) is 6.42 Å². The third kappa shape index (κ3) is 2.96. The monoisotopic (exact) mass is 403 g/mol. The fourth-order valence-corrected chi connectivity index (χ4v) is 5.25. The number of carbonyl (C=O) groups is 2. The highest BCUT2D eigenvalue weighted by Crippen LogP contribution is 2.32. The zero-order chi connectivity index (χ0) is 20.1. The van der Waals surface area contributed by atoms with Crippen LogP contribution in [0, 0.1) is 12.7 Å². The highest BCUT2D eigenvalue weighted by atomic mass is 32.2. The summed E-state index contributed by atoms with van der Waals surface area (Å²) in [5.41, 5.74) is 1.10. The minimum Gasteiger partial charge on any atom is -0.332 e. The van der Waals surface area contributed by atoms with Gasteiger partial charge >= 0.3 is 6.03 Å². The number of nitrogens with one attached hydrogen (secondary N) is 1. The molecular formula is C19H18FN3O4S. The first-order valence-electron chi connectivity index (χ1n) is 8.77. The normalized spacial score (nSPS) is 22.9. The van der Waals surface area contributed by atoms with E-state index in [9.17, 15) is 22.4 Å². The van der Waals surface area contributed by atoms with Gasteiger partial charge in [-0.1, -0.05) is 17.7 Å². The molecule has 146 valence electrons. The molecule has 0 spiro atoms. The maximum absolute atomic E-state index is 13.2. The second kappa shape index (κ2) is 6.68. The van der Waals surface area contributed by atoms with Gasteiger partial charge in [-0.25, -0.2) is 22.5 Å². The zero-order valence-corrected chi connectivity index (χ0v) is 15.8. The summed E-state index contributed by atoms with van der Waals surface area (Å²) in [5, 5.41) is 2.70. The molecule has 7 nitrogen and oxygen atoms in total. The summed E-state index contributed by atoms with van der Waals surface area (Å²) in [5.74, 6) is -1.15.